The standard InChI is InChI=1S/C19H18N2OSi/c1-23(2,3)16-11-12-20-17-14(16)9-10-15-18(17)21-22-19(15)13-7-5-4-6-8-13/h4-12H,1-3H3. The fourth-order valence-electron chi connectivity index (χ4n) is 3.07. The van der Waals surface area contributed by atoms with E-state index >= 15 is 0 Å². The van der Waals surface area contributed by atoms with Gasteiger partial charge in [0, 0.05) is 17.1 Å². The molecule has 4 heteroatoms. The van der Waals surface area contributed by atoms with E-state index < -0.39 is 8.07 Å². The first-order chi connectivity index (χ1) is 11.1. The van der Waals surface area contributed by atoms with E-state index in [2.05, 4.69) is 48.0 Å². The van der Waals surface area contributed by atoms with Crippen LogP contribution in [-0.4, -0.2) is 18.2 Å². The Kier molecular flexibility index (Phi) is 3.09. The van der Waals surface area contributed by atoms with Crippen molar-refractivity contribution in [3.63, 3.8) is 0 Å². The number of hydrogen-bond donors (Lipinski definition) is 0. The van der Waals surface area contributed by atoms with E-state index in [1.807, 2.05) is 36.5 Å². The summed E-state index contributed by atoms with van der Waals surface area (Å²) in [6.07, 6.45) is 1.90. The van der Waals surface area contributed by atoms with Gasteiger partial charge in [-0.3, -0.25) is 4.98 Å². The predicted molar refractivity (Wildman–Crippen MR) is 97.7 cm³/mol. The minimum absolute atomic E-state index is 0.808. The zero-order chi connectivity index (χ0) is 16.0. The van der Waals surface area contributed by atoms with Gasteiger partial charge in [-0.25, -0.2) is 0 Å². The molecule has 3 nitrogen and oxygen atoms in total. The quantitative estimate of drug-likeness (QED) is 0.507. The van der Waals surface area contributed by atoms with Crippen molar-refractivity contribution in [2.24, 2.45) is 0 Å². The Balaban J connectivity index is 2.03. The second kappa shape index (κ2) is 5.03. The Morgan fingerprint density at radius 1 is 0.826 bits per heavy atom. The lowest BCUT2D eigenvalue weighted by atomic mass is 10.1. The predicted octanol–water partition coefficient (Wildman–Crippen LogP) is 4.59. The van der Waals surface area contributed by atoms with E-state index in [0.29, 0.717) is 0 Å². The van der Waals surface area contributed by atoms with Crippen LogP contribution < -0.4 is 5.19 Å². The van der Waals surface area contributed by atoms with Crippen LogP contribution in [0.4, 0.5) is 0 Å². The molecule has 23 heavy (non-hydrogen) atoms. The zero-order valence-electron chi connectivity index (χ0n) is 13.5. The Hall–Kier alpha value is -2.46. The molecule has 2 aromatic heterocycles. The van der Waals surface area contributed by atoms with Crippen LogP contribution in [0.1, 0.15) is 0 Å². The topological polar surface area (TPSA) is 38.9 Å². The van der Waals surface area contributed by atoms with Gasteiger partial charge in [0.05, 0.1) is 19.0 Å². The second-order valence-electron chi connectivity index (χ2n) is 6.84. The van der Waals surface area contributed by atoms with Crippen molar-refractivity contribution in [1.82, 2.24) is 10.1 Å². The molecule has 0 aliphatic carbocycles. The third-order valence-electron chi connectivity index (χ3n) is 4.20. The monoisotopic (exact) mass is 318 g/mol. The molecule has 114 valence electrons. The van der Waals surface area contributed by atoms with Gasteiger partial charge < -0.3 is 4.52 Å². The SMILES string of the molecule is C[Si](C)(C)c1ccnc2c1ccc1c(-c3ccccc3)onc12. The van der Waals surface area contributed by atoms with Crippen molar-refractivity contribution < 1.29 is 4.52 Å². The molecular formula is C19H18N2OSi. The van der Waals surface area contributed by atoms with Crippen molar-refractivity contribution in [2.75, 3.05) is 0 Å². The highest BCUT2D eigenvalue weighted by Gasteiger charge is 2.21. The van der Waals surface area contributed by atoms with Gasteiger partial charge in [-0.1, -0.05) is 61.2 Å². The summed E-state index contributed by atoms with van der Waals surface area (Å²) < 4.78 is 5.66. The summed E-state index contributed by atoms with van der Waals surface area (Å²) in [5, 5.41) is 7.95. The molecule has 0 saturated carbocycles. The number of pyridine rings is 1. The molecule has 4 rings (SSSR count). The summed E-state index contributed by atoms with van der Waals surface area (Å²) in [4.78, 5) is 4.59. The average Bonchev–Trinajstić information content (AvgIpc) is 2.98. The molecule has 0 spiro atoms. The lowest BCUT2D eigenvalue weighted by Crippen LogP contribution is -2.38. The van der Waals surface area contributed by atoms with E-state index in [1.54, 1.807) is 0 Å². The van der Waals surface area contributed by atoms with Crippen LogP contribution in [0.5, 0.6) is 0 Å². The molecule has 0 fully saturated rings. The summed E-state index contributed by atoms with van der Waals surface area (Å²) in [5.41, 5.74) is 2.82. The van der Waals surface area contributed by atoms with Crippen LogP contribution in [-0.2, 0) is 0 Å². The van der Waals surface area contributed by atoms with Crippen LogP contribution in [0.25, 0.3) is 33.1 Å². The Morgan fingerprint density at radius 2 is 1.57 bits per heavy atom. The maximum Gasteiger partial charge on any atom is 0.174 e. The van der Waals surface area contributed by atoms with E-state index in [0.717, 1.165) is 27.7 Å². The van der Waals surface area contributed by atoms with Crippen LogP contribution >= 0.6 is 0 Å². The van der Waals surface area contributed by atoms with E-state index in [-0.39, 0.29) is 0 Å². The molecule has 2 heterocycles. The minimum Gasteiger partial charge on any atom is -0.355 e. The van der Waals surface area contributed by atoms with Gasteiger partial charge in [0.2, 0.25) is 0 Å². The fourth-order valence-corrected chi connectivity index (χ4v) is 4.66. The van der Waals surface area contributed by atoms with E-state index in [1.165, 1.54) is 10.6 Å². The van der Waals surface area contributed by atoms with Crippen molar-refractivity contribution in [1.29, 1.82) is 0 Å². The van der Waals surface area contributed by atoms with Crippen LogP contribution in [0.15, 0.2) is 59.3 Å². The highest BCUT2D eigenvalue weighted by Crippen LogP contribution is 2.32. The lowest BCUT2D eigenvalue weighted by molar-refractivity contribution is 0.441. The van der Waals surface area contributed by atoms with Crippen LogP contribution in [0.3, 0.4) is 0 Å². The molecule has 0 N–H and O–H groups in total. The third-order valence-corrected chi connectivity index (χ3v) is 6.26. The largest absolute Gasteiger partial charge is 0.355 e. The maximum atomic E-state index is 5.66. The normalized spacial score (nSPS) is 12.1. The van der Waals surface area contributed by atoms with Crippen molar-refractivity contribution >= 4 is 35.1 Å². The van der Waals surface area contributed by atoms with Crippen LogP contribution in [0, 0.1) is 0 Å². The molecule has 0 unspecified atom stereocenters. The van der Waals surface area contributed by atoms with E-state index in [9.17, 15) is 0 Å². The lowest BCUT2D eigenvalue weighted by Gasteiger charge is -2.18. The van der Waals surface area contributed by atoms with Gasteiger partial charge >= 0.3 is 0 Å². The van der Waals surface area contributed by atoms with Crippen molar-refractivity contribution in [2.45, 2.75) is 19.6 Å². The average molecular weight is 318 g/mol. The molecule has 0 atom stereocenters. The molecule has 0 saturated heterocycles. The smallest absolute Gasteiger partial charge is 0.174 e. The first-order valence-electron chi connectivity index (χ1n) is 7.79. The summed E-state index contributed by atoms with van der Waals surface area (Å²) in [6, 6.07) is 16.5. The van der Waals surface area contributed by atoms with Gasteiger partial charge in [-0.2, -0.15) is 0 Å². The summed E-state index contributed by atoms with van der Waals surface area (Å²) >= 11 is 0. The molecule has 0 aliphatic rings. The number of benzene rings is 2. The highest BCUT2D eigenvalue weighted by molar-refractivity contribution is 6.90. The number of fused-ring (bicyclic) bond motifs is 3. The van der Waals surface area contributed by atoms with E-state index in [4.69, 9.17) is 4.52 Å². The first kappa shape index (κ1) is 14.1. The number of hydrogen-bond acceptors (Lipinski definition) is 3. The van der Waals surface area contributed by atoms with Gasteiger partial charge in [-0.15, -0.1) is 0 Å². The van der Waals surface area contributed by atoms with Gasteiger partial charge in [0.25, 0.3) is 0 Å². The second-order valence-corrected chi connectivity index (χ2v) is 11.9. The Bertz CT molecular complexity index is 1000. The molecule has 0 bridgehead atoms. The Labute approximate surface area is 136 Å². The van der Waals surface area contributed by atoms with Crippen molar-refractivity contribution in [3.05, 3.63) is 54.7 Å². The molecule has 0 aliphatic heterocycles. The van der Waals surface area contributed by atoms with Gasteiger partial charge in [0.1, 0.15) is 5.52 Å². The van der Waals surface area contributed by atoms with Gasteiger partial charge in [0.15, 0.2) is 5.76 Å². The highest BCUT2D eigenvalue weighted by atomic mass is 28.3. The molecule has 2 aromatic carbocycles. The summed E-state index contributed by atoms with van der Waals surface area (Å²) in [5.74, 6) is 0.808. The summed E-state index contributed by atoms with van der Waals surface area (Å²) in [7, 11) is -1.44. The minimum atomic E-state index is -1.44. The zero-order valence-corrected chi connectivity index (χ0v) is 14.5. The van der Waals surface area contributed by atoms with Crippen LogP contribution in [0.2, 0.25) is 19.6 Å². The first-order valence-corrected chi connectivity index (χ1v) is 11.3. The number of nitrogens with zero attached hydrogens (tertiary/aromatic N) is 2. The van der Waals surface area contributed by atoms with Crippen molar-refractivity contribution in [3.8, 4) is 11.3 Å². The fraction of sp³-hybridized carbons (Fsp3) is 0.158. The summed E-state index contributed by atoms with van der Waals surface area (Å²) in [6.45, 7) is 7.05. The Morgan fingerprint density at radius 3 is 2.30 bits per heavy atom. The number of rotatable bonds is 2. The third kappa shape index (κ3) is 2.26. The molecular weight excluding hydrogens is 300 g/mol. The molecule has 4 aromatic rings. The number of aromatic nitrogens is 2. The molecule has 0 amide bonds. The molecule has 0 radical (unpaired) electrons. The van der Waals surface area contributed by atoms with Gasteiger partial charge in [-0.05, 0) is 17.3 Å². The maximum absolute atomic E-state index is 5.66.